The van der Waals surface area contributed by atoms with Gasteiger partial charge in [0.2, 0.25) is 5.88 Å². The van der Waals surface area contributed by atoms with Crippen molar-refractivity contribution < 1.29 is 9.13 Å². The van der Waals surface area contributed by atoms with Gasteiger partial charge in [0, 0.05) is 6.54 Å². The Labute approximate surface area is 133 Å². The van der Waals surface area contributed by atoms with E-state index < -0.39 is 0 Å². The van der Waals surface area contributed by atoms with Gasteiger partial charge in [0.1, 0.15) is 23.6 Å². The summed E-state index contributed by atoms with van der Waals surface area (Å²) >= 11 is 0. The third kappa shape index (κ3) is 3.74. The Morgan fingerprint density at radius 3 is 2.48 bits per heavy atom. The molecule has 116 valence electrons. The largest absolute Gasteiger partial charge is 0.437 e. The van der Waals surface area contributed by atoms with Crippen molar-refractivity contribution in [3.05, 3.63) is 72.3 Å². The fourth-order valence-corrected chi connectivity index (χ4v) is 2.00. The molecular formula is C17H15FN4O. The molecule has 3 rings (SSSR count). The van der Waals surface area contributed by atoms with E-state index in [2.05, 4.69) is 15.3 Å². The van der Waals surface area contributed by atoms with Crippen molar-refractivity contribution in [2.24, 2.45) is 0 Å². The number of nitrogens with two attached hydrogens (primary N) is 1. The summed E-state index contributed by atoms with van der Waals surface area (Å²) in [4.78, 5) is 8.14. The van der Waals surface area contributed by atoms with Crippen LogP contribution in [0.1, 0.15) is 5.56 Å². The summed E-state index contributed by atoms with van der Waals surface area (Å²) in [6, 6.07) is 15.5. The molecule has 3 N–H and O–H groups in total. The molecule has 0 saturated carbocycles. The van der Waals surface area contributed by atoms with Crippen LogP contribution in [0.5, 0.6) is 11.6 Å². The molecule has 1 heterocycles. The smallest absolute Gasteiger partial charge is 0.248 e. The van der Waals surface area contributed by atoms with Crippen LogP contribution in [0.3, 0.4) is 0 Å². The maximum Gasteiger partial charge on any atom is 0.248 e. The summed E-state index contributed by atoms with van der Waals surface area (Å²) in [6.45, 7) is 0.581. The molecule has 0 aliphatic rings. The average Bonchev–Trinajstić information content (AvgIpc) is 2.58. The van der Waals surface area contributed by atoms with Gasteiger partial charge in [0.25, 0.3) is 0 Å². The fraction of sp³-hybridized carbons (Fsp3) is 0.0588. The lowest BCUT2D eigenvalue weighted by molar-refractivity contribution is 0.463. The van der Waals surface area contributed by atoms with Crippen LogP contribution in [0.25, 0.3) is 0 Å². The summed E-state index contributed by atoms with van der Waals surface area (Å²) in [7, 11) is 0. The maximum absolute atomic E-state index is 12.9. The molecule has 0 spiro atoms. The summed E-state index contributed by atoms with van der Waals surface area (Å²) in [5.41, 5.74) is 7.44. The second-order valence-electron chi connectivity index (χ2n) is 4.84. The average molecular weight is 310 g/mol. The summed E-state index contributed by atoms with van der Waals surface area (Å²) in [6.07, 6.45) is 1.36. The third-order valence-corrected chi connectivity index (χ3v) is 3.18. The molecule has 5 nitrogen and oxygen atoms in total. The second-order valence-corrected chi connectivity index (χ2v) is 4.84. The van der Waals surface area contributed by atoms with Crippen LogP contribution in [0, 0.1) is 5.82 Å². The minimum atomic E-state index is -0.335. The van der Waals surface area contributed by atoms with Crippen molar-refractivity contribution in [2.75, 3.05) is 11.1 Å². The molecule has 0 radical (unpaired) electrons. The van der Waals surface area contributed by atoms with Crippen molar-refractivity contribution in [3.63, 3.8) is 0 Å². The van der Waals surface area contributed by atoms with E-state index >= 15 is 0 Å². The van der Waals surface area contributed by atoms with E-state index in [1.807, 2.05) is 30.3 Å². The lowest BCUT2D eigenvalue weighted by Crippen LogP contribution is -2.06. The van der Waals surface area contributed by atoms with Crippen LogP contribution in [-0.2, 0) is 6.54 Å². The van der Waals surface area contributed by atoms with Gasteiger partial charge in [-0.3, -0.25) is 0 Å². The molecule has 0 amide bonds. The van der Waals surface area contributed by atoms with Gasteiger partial charge in [-0.05, 0) is 29.8 Å². The Bertz CT molecular complexity index is 778. The van der Waals surface area contributed by atoms with Gasteiger partial charge >= 0.3 is 0 Å². The van der Waals surface area contributed by atoms with Gasteiger partial charge in [0.05, 0.1) is 0 Å². The van der Waals surface area contributed by atoms with E-state index in [1.165, 1.54) is 30.6 Å². The van der Waals surface area contributed by atoms with Gasteiger partial charge in [0.15, 0.2) is 5.82 Å². The minimum Gasteiger partial charge on any atom is -0.437 e. The van der Waals surface area contributed by atoms with E-state index in [9.17, 15) is 4.39 Å². The van der Waals surface area contributed by atoms with Crippen LogP contribution >= 0.6 is 0 Å². The zero-order valence-electron chi connectivity index (χ0n) is 12.2. The first-order valence-corrected chi connectivity index (χ1v) is 7.04. The molecule has 0 fully saturated rings. The lowest BCUT2D eigenvalue weighted by atomic mass is 10.2. The highest BCUT2D eigenvalue weighted by atomic mass is 19.1. The van der Waals surface area contributed by atoms with Gasteiger partial charge in [-0.25, -0.2) is 9.37 Å². The molecule has 0 unspecified atom stereocenters. The molecule has 2 aromatic carbocycles. The van der Waals surface area contributed by atoms with E-state index in [1.54, 1.807) is 0 Å². The Balaban J connectivity index is 1.74. The van der Waals surface area contributed by atoms with Crippen molar-refractivity contribution in [1.29, 1.82) is 0 Å². The molecule has 23 heavy (non-hydrogen) atoms. The molecule has 0 aliphatic carbocycles. The van der Waals surface area contributed by atoms with Crippen molar-refractivity contribution in [1.82, 2.24) is 9.97 Å². The van der Waals surface area contributed by atoms with E-state index in [0.29, 0.717) is 23.8 Å². The molecule has 6 heteroatoms. The number of halogens is 1. The van der Waals surface area contributed by atoms with Gasteiger partial charge < -0.3 is 15.8 Å². The first-order chi connectivity index (χ1) is 11.2. The topological polar surface area (TPSA) is 73.1 Å². The zero-order valence-corrected chi connectivity index (χ0v) is 12.2. The number of rotatable bonds is 5. The fourth-order valence-electron chi connectivity index (χ4n) is 2.00. The number of nitrogen functional groups attached to an aromatic ring is 1. The number of aromatic nitrogens is 2. The highest BCUT2D eigenvalue weighted by molar-refractivity contribution is 5.67. The van der Waals surface area contributed by atoms with Crippen LogP contribution < -0.4 is 15.8 Å². The normalized spacial score (nSPS) is 10.3. The van der Waals surface area contributed by atoms with E-state index in [0.717, 1.165) is 5.56 Å². The third-order valence-electron chi connectivity index (χ3n) is 3.18. The summed E-state index contributed by atoms with van der Waals surface area (Å²) in [5, 5.41) is 3.15. The van der Waals surface area contributed by atoms with Gasteiger partial charge in [-0.2, -0.15) is 4.98 Å². The summed E-state index contributed by atoms with van der Waals surface area (Å²) in [5.74, 6) is 0.826. The van der Waals surface area contributed by atoms with Crippen molar-refractivity contribution >= 4 is 11.5 Å². The second kappa shape index (κ2) is 6.74. The molecule has 0 aliphatic heterocycles. The number of benzene rings is 2. The van der Waals surface area contributed by atoms with Crippen LogP contribution in [-0.4, -0.2) is 9.97 Å². The number of nitrogens with one attached hydrogen (secondary N) is 1. The van der Waals surface area contributed by atoms with Crippen molar-refractivity contribution in [2.45, 2.75) is 6.54 Å². The van der Waals surface area contributed by atoms with E-state index in [-0.39, 0.29) is 11.7 Å². The Morgan fingerprint density at radius 1 is 1.00 bits per heavy atom. The van der Waals surface area contributed by atoms with Crippen molar-refractivity contribution in [3.8, 4) is 11.6 Å². The number of nitrogens with zero attached hydrogens (tertiary/aromatic N) is 2. The number of anilines is 2. The molecular weight excluding hydrogens is 295 g/mol. The van der Waals surface area contributed by atoms with E-state index in [4.69, 9.17) is 10.5 Å². The standard InChI is InChI=1S/C17H15FN4O/c18-13-6-8-14(9-7-13)23-17-15(19)16(21-11-22-17)20-10-12-4-2-1-3-5-12/h1-9,11H,10,19H2,(H,20,21,22). The molecule has 0 bridgehead atoms. The Kier molecular flexibility index (Phi) is 4.33. The highest BCUT2D eigenvalue weighted by Gasteiger charge is 2.10. The zero-order chi connectivity index (χ0) is 16.1. The molecule has 0 atom stereocenters. The first-order valence-electron chi connectivity index (χ1n) is 7.04. The maximum atomic E-state index is 12.9. The SMILES string of the molecule is Nc1c(NCc2ccccc2)ncnc1Oc1ccc(F)cc1. The Morgan fingerprint density at radius 2 is 1.74 bits per heavy atom. The molecule has 0 saturated heterocycles. The first kappa shape index (κ1) is 14.8. The molecule has 1 aromatic heterocycles. The monoisotopic (exact) mass is 310 g/mol. The molecule has 3 aromatic rings. The van der Waals surface area contributed by atoms with Gasteiger partial charge in [-0.15, -0.1) is 0 Å². The predicted octanol–water partition coefficient (Wildman–Crippen LogP) is 3.60. The minimum absolute atomic E-state index is 0.224. The quantitative estimate of drug-likeness (QED) is 0.753. The van der Waals surface area contributed by atoms with Crippen LogP contribution in [0.4, 0.5) is 15.9 Å². The lowest BCUT2D eigenvalue weighted by Gasteiger charge is -2.11. The highest BCUT2D eigenvalue weighted by Crippen LogP contribution is 2.29. The van der Waals surface area contributed by atoms with Crippen LogP contribution in [0.2, 0.25) is 0 Å². The van der Waals surface area contributed by atoms with Gasteiger partial charge in [-0.1, -0.05) is 30.3 Å². The number of hydrogen-bond acceptors (Lipinski definition) is 5. The number of hydrogen-bond donors (Lipinski definition) is 2. The Hall–Kier alpha value is -3.15. The summed E-state index contributed by atoms with van der Waals surface area (Å²) < 4.78 is 18.5. The van der Waals surface area contributed by atoms with Crippen LogP contribution in [0.15, 0.2) is 60.9 Å². The predicted molar refractivity (Wildman–Crippen MR) is 86.7 cm³/mol. The number of ether oxygens (including phenoxy) is 1.